The van der Waals surface area contributed by atoms with Gasteiger partial charge in [-0.25, -0.2) is 4.79 Å². The van der Waals surface area contributed by atoms with Crippen molar-refractivity contribution in [1.29, 1.82) is 0 Å². The Bertz CT molecular complexity index is 625. The third-order valence-corrected chi connectivity index (χ3v) is 3.08. The molecule has 0 saturated heterocycles. The normalized spacial score (nSPS) is 11.8. The van der Waals surface area contributed by atoms with E-state index < -0.39 is 0 Å². The SMILES string of the molecule is O=C=Cc1cccc2c1Cc1ccccc1N2. The standard InChI is InChI=1S/C15H11NO/c17-9-8-11-5-3-7-15-13(11)10-12-4-1-2-6-14(12)16-15/h1-8,16H,10H2. The van der Waals surface area contributed by atoms with Gasteiger partial charge >= 0.3 is 0 Å². The van der Waals surface area contributed by atoms with Crippen molar-refractivity contribution in [2.24, 2.45) is 0 Å². The maximum absolute atomic E-state index is 10.5. The van der Waals surface area contributed by atoms with E-state index in [9.17, 15) is 4.79 Å². The molecule has 0 bridgehead atoms. The molecule has 0 unspecified atom stereocenters. The van der Waals surface area contributed by atoms with Crippen LogP contribution < -0.4 is 5.32 Å². The largest absolute Gasteiger partial charge is 0.355 e. The second-order valence-corrected chi connectivity index (χ2v) is 4.09. The Morgan fingerprint density at radius 1 is 1.06 bits per heavy atom. The molecule has 0 aromatic heterocycles. The minimum absolute atomic E-state index is 0.854. The molecular weight excluding hydrogens is 210 g/mol. The van der Waals surface area contributed by atoms with Gasteiger partial charge in [0, 0.05) is 23.9 Å². The highest BCUT2D eigenvalue weighted by atomic mass is 16.1. The minimum Gasteiger partial charge on any atom is -0.355 e. The third kappa shape index (κ3) is 1.65. The van der Waals surface area contributed by atoms with Gasteiger partial charge < -0.3 is 5.32 Å². The summed E-state index contributed by atoms with van der Waals surface area (Å²) in [6.45, 7) is 0. The Hall–Kier alpha value is -2.31. The first-order chi connectivity index (χ1) is 8.38. The predicted octanol–water partition coefficient (Wildman–Crippen LogP) is 3.18. The number of fused-ring (bicyclic) bond motifs is 2. The van der Waals surface area contributed by atoms with Crippen molar-refractivity contribution in [1.82, 2.24) is 0 Å². The summed E-state index contributed by atoms with van der Waals surface area (Å²) in [5, 5.41) is 3.39. The Labute approximate surface area is 99.6 Å². The van der Waals surface area contributed by atoms with Crippen LogP contribution in [0.4, 0.5) is 11.4 Å². The zero-order valence-corrected chi connectivity index (χ0v) is 9.23. The van der Waals surface area contributed by atoms with Gasteiger partial charge in [0.05, 0.1) is 0 Å². The Morgan fingerprint density at radius 2 is 1.88 bits per heavy atom. The highest BCUT2D eigenvalue weighted by Crippen LogP contribution is 2.34. The van der Waals surface area contributed by atoms with Crippen molar-refractivity contribution in [2.75, 3.05) is 5.32 Å². The molecule has 0 amide bonds. The van der Waals surface area contributed by atoms with Crippen LogP contribution in [0.1, 0.15) is 16.7 Å². The summed E-state index contributed by atoms with van der Waals surface area (Å²) >= 11 is 0. The molecule has 2 aromatic carbocycles. The topological polar surface area (TPSA) is 29.1 Å². The third-order valence-electron chi connectivity index (χ3n) is 3.08. The molecule has 1 heterocycles. The van der Waals surface area contributed by atoms with E-state index in [1.54, 1.807) is 0 Å². The summed E-state index contributed by atoms with van der Waals surface area (Å²) in [6.07, 6.45) is 2.35. The van der Waals surface area contributed by atoms with E-state index in [0.29, 0.717) is 0 Å². The van der Waals surface area contributed by atoms with Gasteiger partial charge in [-0.15, -0.1) is 0 Å². The molecule has 2 aromatic rings. The second kappa shape index (κ2) is 3.93. The van der Waals surface area contributed by atoms with Crippen LogP contribution in [0.15, 0.2) is 42.5 Å². The number of hydrogen-bond acceptors (Lipinski definition) is 2. The van der Waals surface area contributed by atoms with E-state index in [4.69, 9.17) is 0 Å². The quantitative estimate of drug-likeness (QED) is 0.639. The number of hydrogen-bond donors (Lipinski definition) is 1. The number of benzene rings is 2. The van der Waals surface area contributed by atoms with E-state index in [1.807, 2.05) is 36.3 Å². The minimum atomic E-state index is 0.854. The number of rotatable bonds is 1. The van der Waals surface area contributed by atoms with Crippen LogP contribution in [-0.4, -0.2) is 5.94 Å². The average molecular weight is 221 g/mol. The number of nitrogens with one attached hydrogen (secondary N) is 1. The summed E-state index contributed by atoms with van der Waals surface area (Å²) in [7, 11) is 0. The molecule has 0 radical (unpaired) electrons. The van der Waals surface area contributed by atoms with Crippen LogP contribution in [0.25, 0.3) is 6.08 Å². The van der Waals surface area contributed by atoms with Crippen molar-refractivity contribution in [3.63, 3.8) is 0 Å². The zero-order chi connectivity index (χ0) is 11.7. The first kappa shape index (κ1) is 9.88. The van der Waals surface area contributed by atoms with Gasteiger partial charge in [-0.2, -0.15) is 0 Å². The van der Waals surface area contributed by atoms with E-state index in [1.165, 1.54) is 11.6 Å². The molecule has 1 aliphatic rings. The van der Waals surface area contributed by atoms with Gasteiger partial charge in [0.15, 0.2) is 0 Å². The van der Waals surface area contributed by atoms with Crippen molar-refractivity contribution in [2.45, 2.75) is 6.42 Å². The van der Waals surface area contributed by atoms with Gasteiger partial charge in [-0.1, -0.05) is 30.3 Å². The molecule has 0 atom stereocenters. The fourth-order valence-corrected chi connectivity index (χ4v) is 2.25. The fraction of sp³-hybridized carbons (Fsp3) is 0.0667. The molecule has 82 valence electrons. The lowest BCUT2D eigenvalue weighted by atomic mass is 9.93. The molecule has 0 saturated carbocycles. The van der Waals surface area contributed by atoms with Gasteiger partial charge in [-0.05, 0) is 28.8 Å². The van der Waals surface area contributed by atoms with Crippen LogP contribution >= 0.6 is 0 Å². The van der Waals surface area contributed by atoms with Crippen molar-refractivity contribution in [3.05, 3.63) is 59.2 Å². The lowest BCUT2D eigenvalue weighted by Crippen LogP contribution is -2.07. The summed E-state index contributed by atoms with van der Waals surface area (Å²) in [5.74, 6) is 1.86. The van der Waals surface area contributed by atoms with E-state index in [0.717, 1.165) is 28.9 Å². The summed E-state index contributed by atoms with van der Waals surface area (Å²) < 4.78 is 0. The number of carbonyl (C=O) groups excluding carboxylic acids is 1. The Kier molecular flexibility index (Phi) is 2.28. The van der Waals surface area contributed by atoms with Crippen molar-refractivity contribution >= 4 is 23.4 Å². The summed E-state index contributed by atoms with van der Waals surface area (Å²) in [4.78, 5) is 10.5. The lowest BCUT2D eigenvalue weighted by Gasteiger charge is -2.22. The Morgan fingerprint density at radius 3 is 2.76 bits per heavy atom. The Balaban J connectivity index is 2.14. The van der Waals surface area contributed by atoms with Crippen LogP contribution in [0.5, 0.6) is 0 Å². The zero-order valence-electron chi connectivity index (χ0n) is 9.23. The molecule has 0 spiro atoms. The molecule has 3 rings (SSSR count). The molecule has 17 heavy (non-hydrogen) atoms. The molecular formula is C15H11NO. The first-order valence-corrected chi connectivity index (χ1v) is 5.56. The number of anilines is 2. The number of para-hydroxylation sites is 1. The van der Waals surface area contributed by atoms with Gasteiger partial charge in [-0.3, -0.25) is 0 Å². The van der Waals surface area contributed by atoms with Crippen molar-refractivity contribution < 1.29 is 4.79 Å². The molecule has 2 nitrogen and oxygen atoms in total. The molecule has 1 N–H and O–H groups in total. The summed E-state index contributed by atoms with van der Waals surface area (Å²) in [5.41, 5.74) is 5.58. The predicted molar refractivity (Wildman–Crippen MR) is 69.1 cm³/mol. The fourth-order valence-electron chi connectivity index (χ4n) is 2.25. The van der Waals surface area contributed by atoms with E-state index >= 15 is 0 Å². The first-order valence-electron chi connectivity index (χ1n) is 5.56. The molecule has 2 heteroatoms. The van der Waals surface area contributed by atoms with E-state index in [-0.39, 0.29) is 0 Å². The average Bonchev–Trinajstić information content (AvgIpc) is 2.37. The van der Waals surface area contributed by atoms with Crippen LogP contribution in [-0.2, 0) is 11.2 Å². The van der Waals surface area contributed by atoms with Gasteiger partial charge in [0.2, 0.25) is 0 Å². The highest BCUT2D eigenvalue weighted by Gasteiger charge is 2.15. The highest BCUT2D eigenvalue weighted by molar-refractivity contribution is 5.82. The van der Waals surface area contributed by atoms with Crippen LogP contribution in [0.2, 0.25) is 0 Å². The smallest absolute Gasteiger partial charge is 0.125 e. The summed E-state index contributed by atoms with van der Waals surface area (Å²) in [6, 6.07) is 14.2. The maximum atomic E-state index is 10.5. The monoisotopic (exact) mass is 221 g/mol. The van der Waals surface area contributed by atoms with Crippen LogP contribution in [0, 0.1) is 0 Å². The second-order valence-electron chi connectivity index (χ2n) is 4.09. The lowest BCUT2D eigenvalue weighted by molar-refractivity contribution is 0.570. The molecule has 1 aliphatic heterocycles. The van der Waals surface area contributed by atoms with Gasteiger partial charge in [0.1, 0.15) is 5.94 Å². The molecule has 0 fully saturated rings. The van der Waals surface area contributed by atoms with Crippen LogP contribution in [0.3, 0.4) is 0 Å². The molecule has 0 aliphatic carbocycles. The van der Waals surface area contributed by atoms with E-state index in [2.05, 4.69) is 17.4 Å². The van der Waals surface area contributed by atoms with Gasteiger partial charge in [0.25, 0.3) is 0 Å². The maximum Gasteiger partial charge on any atom is 0.125 e. The van der Waals surface area contributed by atoms with Crippen molar-refractivity contribution in [3.8, 4) is 0 Å².